The second-order valence-corrected chi connectivity index (χ2v) is 12.3. The summed E-state index contributed by atoms with van der Waals surface area (Å²) in [6.45, 7) is 4.35. The van der Waals surface area contributed by atoms with Crippen molar-refractivity contribution in [3.05, 3.63) is 94.0 Å². The van der Waals surface area contributed by atoms with Gasteiger partial charge in [-0.3, -0.25) is 14.5 Å². The second-order valence-electron chi connectivity index (χ2n) is 11.4. The number of methoxy groups -OCH3 is 1. The van der Waals surface area contributed by atoms with Gasteiger partial charge in [-0.05, 0) is 73.7 Å². The Morgan fingerprint density at radius 3 is 2.58 bits per heavy atom. The standard InChI is InChI=1S/C32H29Cl2F2N3O4/c1-17(33)4-3-5-23(35)28-27-26(12-13-38(29(27)40)20-10-8-19(9-11-20)30(41)43-2)39(16-18-6-7-18)32(28)21-14-24(36)22(34)15-25(21)37-31(32)42/h3-5,8-11,14-15,18,26-28H,1,6-7,12-13,16H2,2H3,(H,37,42)/b4-3-,23-5-/t26-,27+,28-,32+/m0/s1. The summed E-state index contributed by atoms with van der Waals surface area (Å²) in [5.74, 6) is -4.84. The Bertz CT molecular complexity index is 1590. The molecule has 43 heavy (non-hydrogen) atoms. The molecule has 0 aromatic heterocycles. The van der Waals surface area contributed by atoms with E-state index in [9.17, 15) is 14.4 Å². The molecule has 1 N–H and O–H groups in total. The van der Waals surface area contributed by atoms with Crippen molar-refractivity contribution >= 4 is 52.4 Å². The Balaban J connectivity index is 1.51. The number of esters is 1. The van der Waals surface area contributed by atoms with Crippen molar-refractivity contribution in [2.45, 2.75) is 30.8 Å². The summed E-state index contributed by atoms with van der Waals surface area (Å²) in [4.78, 5) is 44.1. The molecular formula is C32H29Cl2F2N3O4. The average molecular weight is 629 g/mol. The first-order valence-corrected chi connectivity index (χ1v) is 14.8. The van der Waals surface area contributed by atoms with Gasteiger partial charge in [0.1, 0.15) is 17.2 Å². The normalized spacial score (nSPS) is 27.0. The number of carbonyl (C=O) groups excluding carboxylic acids is 3. The number of amides is 2. The summed E-state index contributed by atoms with van der Waals surface area (Å²) >= 11 is 12.0. The van der Waals surface area contributed by atoms with Gasteiger partial charge in [-0.15, -0.1) is 0 Å². The van der Waals surface area contributed by atoms with Gasteiger partial charge in [0, 0.05) is 41.1 Å². The van der Waals surface area contributed by atoms with Crippen LogP contribution in [-0.4, -0.2) is 48.9 Å². The molecule has 2 aromatic carbocycles. The first-order chi connectivity index (χ1) is 20.6. The van der Waals surface area contributed by atoms with Gasteiger partial charge in [0.05, 0.1) is 29.5 Å². The zero-order chi connectivity index (χ0) is 30.6. The number of ether oxygens (including phenoxy) is 1. The third-order valence-corrected chi connectivity index (χ3v) is 9.34. The number of carbonyl (C=O) groups is 3. The molecule has 0 radical (unpaired) electrons. The van der Waals surface area contributed by atoms with E-state index in [2.05, 4.69) is 11.9 Å². The van der Waals surface area contributed by atoms with Crippen molar-refractivity contribution in [3.63, 3.8) is 0 Å². The Kier molecular flexibility index (Phi) is 7.69. The van der Waals surface area contributed by atoms with Crippen LogP contribution in [0, 0.1) is 23.6 Å². The van der Waals surface area contributed by atoms with Gasteiger partial charge < -0.3 is 15.0 Å². The number of piperidine rings is 1. The monoisotopic (exact) mass is 627 g/mol. The van der Waals surface area contributed by atoms with Gasteiger partial charge in [0.25, 0.3) is 0 Å². The minimum absolute atomic E-state index is 0.172. The molecule has 3 aliphatic heterocycles. The quantitative estimate of drug-likeness (QED) is 0.286. The fourth-order valence-electron chi connectivity index (χ4n) is 6.94. The van der Waals surface area contributed by atoms with Gasteiger partial charge in [-0.25, -0.2) is 13.6 Å². The molecule has 3 heterocycles. The Morgan fingerprint density at radius 1 is 1.21 bits per heavy atom. The Hall–Kier alpha value is -3.53. The molecule has 0 bridgehead atoms. The van der Waals surface area contributed by atoms with Crippen LogP contribution < -0.4 is 10.2 Å². The molecule has 1 saturated carbocycles. The molecule has 4 atom stereocenters. The second kappa shape index (κ2) is 11.2. The highest BCUT2D eigenvalue weighted by molar-refractivity contribution is 6.31. The summed E-state index contributed by atoms with van der Waals surface area (Å²) in [7, 11) is 1.28. The molecule has 224 valence electrons. The van der Waals surface area contributed by atoms with Gasteiger partial charge in [-0.2, -0.15) is 0 Å². The Labute approximate surface area is 257 Å². The lowest BCUT2D eigenvalue weighted by Gasteiger charge is -2.40. The highest BCUT2D eigenvalue weighted by Gasteiger charge is 2.70. The summed E-state index contributed by atoms with van der Waals surface area (Å²) in [5.41, 5.74) is -0.285. The lowest BCUT2D eigenvalue weighted by Crippen LogP contribution is -2.54. The SMILES string of the molecule is C=C(Cl)/C=C\C=C(/F)[C@H]1[C@@H]2C(=O)N(c3ccc(C(=O)OC)cc3)CC[C@@H]2N(CC2CC2)[C@@]12C(=O)Nc1cc(Cl)c(F)cc12. The number of hydrogen-bond donors (Lipinski definition) is 1. The van der Waals surface area contributed by atoms with Crippen molar-refractivity contribution in [3.8, 4) is 0 Å². The van der Waals surface area contributed by atoms with E-state index < -0.39 is 46.9 Å². The molecule has 2 saturated heterocycles. The smallest absolute Gasteiger partial charge is 0.337 e. The largest absolute Gasteiger partial charge is 0.465 e. The molecule has 7 nitrogen and oxygen atoms in total. The topological polar surface area (TPSA) is 79.0 Å². The molecule has 3 fully saturated rings. The number of anilines is 2. The average Bonchev–Trinajstić information content (AvgIpc) is 3.70. The van der Waals surface area contributed by atoms with Crippen LogP contribution in [0.2, 0.25) is 5.02 Å². The fourth-order valence-corrected chi connectivity index (χ4v) is 7.17. The van der Waals surface area contributed by atoms with E-state index in [1.54, 1.807) is 29.2 Å². The maximum absolute atomic E-state index is 16.7. The highest BCUT2D eigenvalue weighted by Crippen LogP contribution is 2.60. The van der Waals surface area contributed by atoms with Crippen molar-refractivity contribution in [2.75, 3.05) is 30.4 Å². The van der Waals surface area contributed by atoms with Crippen LogP contribution in [0.3, 0.4) is 0 Å². The molecule has 11 heteroatoms. The van der Waals surface area contributed by atoms with Gasteiger partial charge >= 0.3 is 5.97 Å². The van der Waals surface area contributed by atoms with Crippen molar-refractivity contribution in [2.24, 2.45) is 17.8 Å². The van der Waals surface area contributed by atoms with Crippen molar-refractivity contribution in [1.29, 1.82) is 0 Å². The maximum Gasteiger partial charge on any atom is 0.337 e. The van der Waals surface area contributed by atoms with Gasteiger partial charge in [-0.1, -0.05) is 35.9 Å². The van der Waals surface area contributed by atoms with Gasteiger partial charge in [0.15, 0.2) is 0 Å². The molecular weight excluding hydrogens is 599 g/mol. The number of halogens is 4. The zero-order valence-electron chi connectivity index (χ0n) is 23.3. The maximum atomic E-state index is 16.7. The van der Waals surface area contributed by atoms with Crippen molar-refractivity contribution in [1.82, 2.24) is 4.90 Å². The van der Waals surface area contributed by atoms with E-state index in [0.29, 0.717) is 36.4 Å². The number of hydrogen-bond acceptors (Lipinski definition) is 5. The van der Waals surface area contributed by atoms with Crippen LogP contribution in [0.25, 0.3) is 0 Å². The van der Waals surface area contributed by atoms with Crippen molar-refractivity contribution < 1.29 is 27.9 Å². The number of nitrogens with zero attached hydrogens (tertiary/aromatic N) is 2. The predicted octanol–water partition coefficient (Wildman–Crippen LogP) is 6.34. The fraction of sp³-hybridized carbons (Fsp3) is 0.344. The first-order valence-electron chi connectivity index (χ1n) is 14.0. The third-order valence-electron chi connectivity index (χ3n) is 8.92. The molecule has 2 amide bonds. The van der Waals surface area contributed by atoms with Crippen LogP contribution >= 0.6 is 23.2 Å². The lowest BCUT2D eigenvalue weighted by atomic mass is 9.72. The predicted molar refractivity (Wildman–Crippen MR) is 160 cm³/mol. The molecule has 6 rings (SSSR count). The number of rotatable bonds is 7. The van der Waals surface area contributed by atoms with E-state index in [-0.39, 0.29) is 27.4 Å². The van der Waals surface area contributed by atoms with Gasteiger partial charge in [0.2, 0.25) is 11.8 Å². The number of nitrogens with one attached hydrogen (secondary N) is 1. The number of fused-ring (bicyclic) bond motifs is 3. The molecule has 4 aliphatic rings. The van der Waals surface area contributed by atoms with E-state index in [1.165, 1.54) is 37.5 Å². The van der Waals surface area contributed by atoms with Crippen LogP contribution in [0.15, 0.2) is 72.1 Å². The summed E-state index contributed by atoms with van der Waals surface area (Å²) in [6, 6.07) is 8.44. The minimum Gasteiger partial charge on any atom is -0.465 e. The van der Waals surface area contributed by atoms with Crippen LogP contribution in [0.5, 0.6) is 0 Å². The Morgan fingerprint density at radius 2 is 1.93 bits per heavy atom. The number of benzene rings is 2. The zero-order valence-corrected chi connectivity index (χ0v) is 24.8. The molecule has 1 aliphatic carbocycles. The van der Waals surface area contributed by atoms with E-state index in [1.807, 2.05) is 4.90 Å². The third kappa shape index (κ3) is 4.87. The van der Waals surface area contributed by atoms with Crippen LogP contribution in [-0.2, 0) is 19.9 Å². The summed E-state index contributed by atoms with van der Waals surface area (Å²) in [5, 5.41) is 2.83. The lowest BCUT2D eigenvalue weighted by molar-refractivity contribution is -0.129. The highest BCUT2D eigenvalue weighted by atomic mass is 35.5. The van der Waals surface area contributed by atoms with E-state index >= 15 is 8.78 Å². The molecule has 1 spiro atoms. The van der Waals surface area contributed by atoms with Crippen LogP contribution in [0.4, 0.5) is 20.2 Å². The van der Waals surface area contributed by atoms with Crippen LogP contribution in [0.1, 0.15) is 35.2 Å². The first kappa shape index (κ1) is 29.5. The van der Waals surface area contributed by atoms with E-state index in [4.69, 9.17) is 27.9 Å². The minimum atomic E-state index is -1.69. The summed E-state index contributed by atoms with van der Waals surface area (Å²) < 4.78 is 36.5. The van der Waals surface area contributed by atoms with E-state index in [0.717, 1.165) is 12.8 Å². The molecule has 2 aromatic rings. The molecule has 0 unspecified atom stereocenters. The summed E-state index contributed by atoms with van der Waals surface area (Å²) in [6.07, 6.45) is 6.31. The number of allylic oxidation sites excluding steroid dienone is 4. The number of likely N-dealkylation sites (tertiary alicyclic amines) is 1.